The molecule has 0 amide bonds. The predicted octanol–water partition coefficient (Wildman–Crippen LogP) is 5.77. The van der Waals surface area contributed by atoms with Gasteiger partial charge < -0.3 is 14.4 Å². The molecule has 2 heterocycles. The minimum atomic E-state index is 0.210. The van der Waals surface area contributed by atoms with Crippen LogP contribution in [0.15, 0.2) is 47.4 Å². The highest BCUT2D eigenvalue weighted by molar-refractivity contribution is 7.97. The number of aromatic nitrogens is 1. The van der Waals surface area contributed by atoms with E-state index in [1.165, 1.54) is 6.42 Å². The number of fused-ring (bicyclic) bond motifs is 1. The second kappa shape index (κ2) is 9.19. The molecule has 1 unspecified atom stereocenters. The first-order valence-corrected chi connectivity index (χ1v) is 12.4. The molecule has 1 atom stereocenters. The van der Waals surface area contributed by atoms with Crippen molar-refractivity contribution in [3.05, 3.63) is 48.0 Å². The number of nitriles is 1. The summed E-state index contributed by atoms with van der Waals surface area (Å²) in [5.74, 6) is 0.852. The number of benzene rings is 2. The summed E-state index contributed by atoms with van der Waals surface area (Å²) in [5.41, 5.74) is 3.93. The normalized spacial score (nSPS) is 19.2. The zero-order chi connectivity index (χ0) is 22.1. The molecule has 1 N–H and O–H groups in total. The Kier molecular flexibility index (Phi) is 6.14. The highest BCUT2D eigenvalue weighted by Gasteiger charge is 2.28. The molecule has 1 saturated heterocycles. The molecule has 0 bridgehead atoms. The first kappa shape index (κ1) is 21.4. The van der Waals surface area contributed by atoms with Crippen molar-refractivity contribution >= 4 is 22.9 Å². The summed E-state index contributed by atoms with van der Waals surface area (Å²) in [6, 6.07) is 17.8. The van der Waals surface area contributed by atoms with E-state index in [9.17, 15) is 10.4 Å². The molecule has 2 aromatic carbocycles. The molecule has 5 nitrogen and oxygen atoms in total. The van der Waals surface area contributed by atoms with Gasteiger partial charge in [-0.2, -0.15) is 5.26 Å². The topological polar surface area (TPSA) is 61.4 Å². The van der Waals surface area contributed by atoms with Crippen LogP contribution < -0.4 is 4.74 Å². The quantitative estimate of drug-likeness (QED) is 0.466. The smallest absolute Gasteiger partial charge is 0.121 e. The van der Waals surface area contributed by atoms with Gasteiger partial charge in [-0.25, -0.2) is 4.31 Å². The van der Waals surface area contributed by atoms with Crippen LogP contribution in [0.5, 0.6) is 5.75 Å². The summed E-state index contributed by atoms with van der Waals surface area (Å²) < 4.78 is 10.4. The first-order valence-electron chi connectivity index (χ1n) is 11.6. The largest absolute Gasteiger partial charge is 0.494 e. The maximum Gasteiger partial charge on any atom is 0.121 e. The first-order chi connectivity index (χ1) is 15.7. The molecule has 0 spiro atoms. The van der Waals surface area contributed by atoms with Crippen molar-refractivity contribution in [1.29, 1.82) is 5.26 Å². The van der Waals surface area contributed by atoms with Crippen molar-refractivity contribution < 1.29 is 9.84 Å². The molecule has 32 heavy (non-hydrogen) atoms. The number of nitrogens with zero attached hydrogens (tertiary/aromatic N) is 3. The number of rotatable bonds is 7. The Bertz CT molecular complexity index is 1140. The zero-order valence-corrected chi connectivity index (χ0v) is 19.3. The van der Waals surface area contributed by atoms with Crippen molar-refractivity contribution in [2.45, 2.75) is 56.0 Å². The van der Waals surface area contributed by atoms with E-state index in [0.29, 0.717) is 12.6 Å². The average Bonchev–Trinajstić information content (AvgIpc) is 3.35. The lowest BCUT2D eigenvalue weighted by molar-refractivity contribution is 0.221. The maximum absolute atomic E-state index is 10.1. The predicted molar refractivity (Wildman–Crippen MR) is 129 cm³/mol. The van der Waals surface area contributed by atoms with Gasteiger partial charge in [-0.15, -0.1) is 0 Å². The zero-order valence-electron chi connectivity index (χ0n) is 18.5. The SMILES string of the molecule is CCOc1ccc2c(C#N)c(-c3ccc(SN4CCCC4CO)cc3)n(C3CCC3)c2c1. The van der Waals surface area contributed by atoms with Gasteiger partial charge in [0.2, 0.25) is 0 Å². The molecule has 5 rings (SSSR count). The van der Waals surface area contributed by atoms with Crippen LogP contribution in [0.3, 0.4) is 0 Å². The number of hydrogen-bond donors (Lipinski definition) is 1. The van der Waals surface area contributed by atoms with Crippen LogP contribution in [0.1, 0.15) is 50.6 Å². The summed E-state index contributed by atoms with van der Waals surface area (Å²) in [6.07, 6.45) is 5.71. The van der Waals surface area contributed by atoms with E-state index in [1.54, 1.807) is 11.9 Å². The Labute approximate surface area is 193 Å². The fourth-order valence-electron chi connectivity index (χ4n) is 4.89. The molecule has 1 aliphatic heterocycles. The number of aliphatic hydroxyl groups excluding tert-OH is 1. The lowest BCUT2D eigenvalue weighted by Crippen LogP contribution is -2.25. The molecule has 3 aromatic rings. The van der Waals surface area contributed by atoms with Crippen LogP contribution in [0.2, 0.25) is 0 Å². The third-order valence-corrected chi connectivity index (χ3v) is 7.92. The summed E-state index contributed by atoms with van der Waals surface area (Å²) in [7, 11) is 0. The van der Waals surface area contributed by atoms with E-state index < -0.39 is 0 Å². The molecule has 1 saturated carbocycles. The van der Waals surface area contributed by atoms with Crippen LogP contribution in [-0.2, 0) is 0 Å². The highest BCUT2D eigenvalue weighted by atomic mass is 32.2. The molecule has 0 radical (unpaired) electrons. The molecule has 6 heteroatoms. The molecule has 166 valence electrons. The summed E-state index contributed by atoms with van der Waals surface area (Å²) in [6.45, 7) is 3.84. The lowest BCUT2D eigenvalue weighted by Gasteiger charge is -2.30. The minimum absolute atomic E-state index is 0.210. The van der Waals surface area contributed by atoms with Gasteiger partial charge in [0.25, 0.3) is 0 Å². The van der Waals surface area contributed by atoms with E-state index in [1.807, 2.05) is 19.1 Å². The Morgan fingerprint density at radius 3 is 2.59 bits per heavy atom. The maximum atomic E-state index is 10.1. The molecule has 1 aromatic heterocycles. The molecule has 1 aliphatic carbocycles. The van der Waals surface area contributed by atoms with E-state index in [4.69, 9.17) is 4.74 Å². The highest BCUT2D eigenvalue weighted by Crippen LogP contribution is 2.43. The van der Waals surface area contributed by atoms with Crippen molar-refractivity contribution in [2.75, 3.05) is 19.8 Å². The lowest BCUT2D eigenvalue weighted by atomic mass is 9.92. The fraction of sp³-hybridized carbons (Fsp3) is 0.423. The number of aliphatic hydroxyl groups is 1. The van der Waals surface area contributed by atoms with Gasteiger partial charge >= 0.3 is 0 Å². The molecule has 2 fully saturated rings. The summed E-state index contributed by atoms with van der Waals surface area (Å²) in [4.78, 5) is 1.16. The minimum Gasteiger partial charge on any atom is -0.494 e. The third kappa shape index (κ3) is 3.79. The van der Waals surface area contributed by atoms with Crippen LogP contribution in [-0.4, -0.2) is 39.8 Å². The van der Waals surface area contributed by atoms with Crippen LogP contribution in [0.25, 0.3) is 22.2 Å². The van der Waals surface area contributed by atoms with Gasteiger partial charge in [-0.05, 0) is 80.8 Å². The Morgan fingerprint density at radius 1 is 1.12 bits per heavy atom. The van der Waals surface area contributed by atoms with Crippen molar-refractivity contribution in [1.82, 2.24) is 8.87 Å². The van der Waals surface area contributed by atoms with E-state index in [-0.39, 0.29) is 12.6 Å². The Morgan fingerprint density at radius 2 is 1.94 bits per heavy atom. The fourth-order valence-corrected chi connectivity index (χ4v) is 5.96. The third-order valence-electron chi connectivity index (χ3n) is 6.72. The Hall–Kier alpha value is -2.46. The van der Waals surface area contributed by atoms with Gasteiger partial charge in [0.1, 0.15) is 11.8 Å². The van der Waals surface area contributed by atoms with Crippen molar-refractivity contribution in [3.63, 3.8) is 0 Å². The van der Waals surface area contributed by atoms with E-state index in [2.05, 4.69) is 45.3 Å². The Balaban J connectivity index is 1.55. The second-order valence-electron chi connectivity index (χ2n) is 8.64. The monoisotopic (exact) mass is 447 g/mol. The van der Waals surface area contributed by atoms with Gasteiger partial charge in [-0.1, -0.05) is 12.1 Å². The van der Waals surface area contributed by atoms with Crippen molar-refractivity contribution in [2.24, 2.45) is 0 Å². The molecular formula is C26H29N3O2S. The van der Waals surface area contributed by atoms with Crippen LogP contribution in [0.4, 0.5) is 0 Å². The van der Waals surface area contributed by atoms with Crippen molar-refractivity contribution in [3.8, 4) is 23.1 Å². The van der Waals surface area contributed by atoms with Gasteiger partial charge in [0.15, 0.2) is 0 Å². The van der Waals surface area contributed by atoms with Crippen LogP contribution >= 0.6 is 11.9 Å². The van der Waals surface area contributed by atoms with E-state index in [0.717, 1.165) is 70.6 Å². The standard InChI is InChI=1S/C26H29N3O2S/c1-2-31-21-10-13-23-24(16-27)26(29(25(23)15-21)19-5-3-6-19)18-8-11-22(12-9-18)32-28-14-4-7-20(28)17-30/h8-13,15,19-20,30H,2-7,14,17H2,1H3. The summed E-state index contributed by atoms with van der Waals surface area (Å²) >= 11 is 1.72. The van der Waals surface area contributed by atoms with E-state index >= 15 is 0 Å². The van der Waals surface area contributed by atoms with Gasteiger partial charge in [-0.3, -0.25) is 0 Å². The molecular weight excluding hydrogens is 418 g/mol. The number of hydrogen-bond acceptors (Lipinski definition) is 5. The second-order valence-corrected chi connectivity index (χ2v) is 9.76. The summed E-state index contributed by atoms with van der Waals surface area (Å²) in [5, 5.41) is 20.7. The average molecular weight is 448 g/mol. The van der Waals surface area contributed by atoms with Gasteiger partial charge in [0.05, 0.1) is 30.0 Å². The van der Waals surface area contributed by atoms with Crippen LogP contribution in [0, 0.1) is 11.3 Å². The molecule has 2 aliphatic rings. The van der Waals surface area contributed by atoms with Gasteiger partial charge in [0, 0.05) is 35.0 Å². The number of ether oxygens (including phenoxy) is 1.